The molecule has 1 aliphatic carbocycles. The van der Waals surface area contributed by atoms with E-state index in [1.807, 2.05) is 13.0 Å². The largest absolute Gasteiger partial charge is 0.326 e. The third kappa shape index (κ3) is 2.13. The molecule has 2 aromatic rings. The smallest absolute Gasteiger partial charge is 0.231 e. The van der Waals surface area contributed by atoms with Crippen LogP contribution in [0.4, 0.5) is 5.69 Å². The molecule has 1 fully saturated rings. The van der Waals surface area contributed by atoms with E-state index in [0.29, 0.717) is 0 Å². The summed E-state index contributed by atoms with van der Waals surface area (Å²) in [6.07, 6.45) is 1.85. The fourth-order valence-corrected chi connectivity index (χ4v) is 3.52. The summed E-state index contributed by atoms with van der Waals surface area (Å²) in [5, 5.41) is 6.37. The third-order valence-electron chi connectivity index (χ3n) is 4.97. The summed E-state index contributed by atoms with van der Waals surface area (Å²) < 4.78 is 0. The minimum atomic E-state index is -0.290. The van der Waals surface area contributed by atoms with E-state index in [4.69, 9.17) is 0 Å². The number of nitrogens with one attached hydrogen (secondary N) is 2. The Kier molecular flexibility index (Phi) is 3.05. The van der Waals surface area contributed by atoms with Gasteiger partial charge >= 0.3 is 0 Å². The maximum Gasteiger partial charge on any atom is 0.231 e. The minimum Gasteiger partial charge on any atom is -0.326 e. The number of hydrogen-bond donors (Lipinski definition) is 2. The number of fused-ring (bicyclic) bond motifs is 3. The average molecular weight is 292 g/mol. The molecule has 1 aliphatic heterocycles. The second-order valence-corrected chi connectivity index (χ2v) is 6.65. The van der Waals surface area contributed by atoms with Crippen molar-refractivity contribution in [3.8, 4) is 11.1 Å². The monoisotopic (exact) mass is 292 g/mol. The van der Waals surface area contributed by atoms with Crippen LogP contribution in [0.3, 0.4) is 0 Å². The van der Waals surface area contributed by atoms with Gasteiger partial charge < -0.3 is 10.6 Å². The summed E-state index contributed by atoms with van der Waals surface area (Å²) in [5.41, 5.74) is 5.90. The molecule has 22 heavy (non-hydrogen) atoms. The Morgan fingerprint density at radius 1 is 1.14 bits per heavy atom. The molecule has 0 saturated carbocycles. The lowest BCUT2D eigenvalue weighted by Gasteiger charge is -2.21. The number of rotatable bonds is 2. The summed E-state index contributed by atoms with van der Waals surface area (Å²) in [6, 6.07) is 14.8. The molecule has 0 bridgehead atoms. The summed E-state index contributed by atoms with van der Waals surface area (Å²) in [7, 11) is 0. The summed E-state index contributed by atoms with van der Waals surface area (Å²) >= 11 is 0. The van der Waals surface area contributed by atoms with Gasteiger partial charge in [0.25, 0.3) is 0 Å². The van der Waals surface area contributed by atoms with Gasteiger partial charge in [-0.1, -0.05) is 30.3 Å². The van der Waals surface area contributed by atoms with E-state index >= 15 is 0 Å². The van der Waals surface area contributed by atoms with E-state index in [0.717, 1.165) is 31.6 Å². The van der Waals surface area contributed by atoms with Gasteiger partial charge in [0, 0.05) is 12.2 Å². The van der Waals surface area contributed by atoms with Crippen LogP contribution in [0.15, 0.2) is 42.5 Å². The molecule has 2 aromatic carbocycles. The van der Waals surface area contributed by atoms with Gasteiger partial charge in [-0.15, -0.1) is 0 Å². The molecule has 2 aliphatic rings. The molecular formula is C19H20N2O. The van der Waals surface area contributed by atoms with Crippen LogP contribution in [0, 0.1) is 5.41 Å². The molecule has 0 radical (unpaired) electrons. The maximum absolute atomic E-state index is 12.5. The molecule has 1 atom stereocenters. The van der Waals surface area contributed by atoms with E-state index in [9.17, 15) is 4.79 Å². The molecular weight excluding hydrogens is 272 g/mol. The standard InChI is InChI=1S/C19H20N2O/c1-19(8-9-20-12-19)18(22)21-15-6-7-17-14(11-15)10-13-4-2-3-5-16(13)17/h2-7,11,20H,8-10,12H2,1H3,(H,21,22). The van der Waals surface area contributed by atoms with E-state index < -0.39 is 0 Å². The summed E-state index contributed by atoms with van der Waals surface area (Å²) in [4.78, 5) is 12.5. The second kappa shape index (κ2) is 4.96. The molecule has 4 rings (SSSR count). The summed E-state index contributed by atoms with van der Waals surface area (Å²) in [6.45, 7) is 3.71. The van der Waals surface area contributed by atoms with Crippen LogP contribution < -0.4 is 10.6 Å². The zero-order valence-electron chi connectivity index (χ0n) is 12.8. The number of benzene rings is 2. The Balaban J connectivity index is 1.58. The SMILES string of the molecule is CC1(C(=O)Nc2ccc3c(c2)Cc2ccccc2-3)CCNC1. The highest BCUT2D eigenvalue weighted by atomic mass is 16.2. The number of anilines is 1. The lowest BCUT2D eigenvalue weighted by atomic mass is 9.88. The van der Waals surface area contributed by atoms with Crippen molar-refractivity contribution >= 4 is 11.6 Å². The van der Waals surface area contributed by atoms with Crippen LogP contribution in [0.1, 0.15) is 24.5 Å². The number of carbonyl (C=O) groups excluding carboxylic acids is 1. The average Bonchev–Trinajstić information content (AvgIpc) is 3.11. The predicted octanol–water partition coefficient (Wildman–Crippen LogP) is 3.20. The van der Waals surface area contributed by atoms with Crippen LogP contribution in [0.5, 0.6) is 0 Å². The molecule has 3 nitrogen and oxygen atoms in total. The molecule has 1 unspecified atom stereocenters. The molecule has 3 heteroatoms. The van der Waals surface area contributed by atoms with Gasteiger partial charge in [0.2, 0.25) is 5.91 Å². The minimum absolute atomic E-state index is 0.118. The van der Waals surface area contributed by atoms with Crippen molar-refractivity contribution < 1.29 is 4.79 Å². The molecule has 0 aromatic heterocycles. The van der Waals surface area contributed by atoms with Gasteiger partial charge in [0.1, 0.15) is 0 Å². The first-order chi connectivity index (χ1) is 10.7. The Bertz CT molecular complexity index is 745. The van der Waals surface area contributed by atoms with E-state index in [2.05, 4.69) is 47.0 Å². The van der Waals surface area contributed by atoms with Crippen molar-refractivity contribution in [3.63, 3.8) is 0 Å². The van der Waals surface area contributed by atoms with Gasteiger partial charge in [-0.25, -0.2) is 0 Å². The lowest BCUT2D eigenvalue weighted by Crippen LogP contribution is -2.35. The Labute approximate surface area is 130 Å². The Morgan fingerprint density at radius 2 is 1.95 bits per heavy atom. The Hall–Kier alpha value is -2.13. The fraction of sp³-hybridized carbons (Fsp3) is 0.316. The number of hydrogen-bond acceptors (Lipinski definition) is 2. The molecule has 1 heterocycles. The van der Waals surface area contributed by atoms with Gasteiger partial charge in [-0.2, -0.15) is 0 Å². The first-order valence-corrected chi connectivity index (χ1v) is 7.89. The lowest BCUT2D eigenvalue weighted by molar-refractivity contribution is -0.123. The zero-order valence-corrected chi connectivity index (χ0v) is 12.8. The van der Waals surface area contributed by atoms with Crippen LogP contribution in [0.2, 0.25) is 0 Å². The quantitative estimate of drug-likeness (QED) is 0.761. The van der Waals surface area contributed by atoms with Gasteiger partial charge in [-0.05, 0) is 60.7 Å². The van der Waals surface area contributed by atoms with Gasteiger partial charge in [0.15, 0.2) is 0 Å². The van der Waals surface area contributed by atoms with Gasteiger partial charge in [0.05, 0.1) is 5.41 Å². The summed E-state index contributed by atoms with van der Waals surface area (Å²) in [5.74, 6) is 0.118. The van der Waals surface area contributed by atoms with Gasteiger partial charge in [-0.3, -0.25) is 4.79 Å². The van der Waals surface area contributed by atoms with Crippen LogP contribution >= 0.6 is 0 Å². The van der Waals surface area contributed by atoms with Crippen molar-refractivity contribution in [1.82, 2.24) is 5.32 Å². The van der Waals surface area contributed by atoms with Crippen molar-refractivity contribution in [2.45, 2.75) is 19.8 Å². The predicted molar refractivity (Wildman–Crippen MR) is 88.9 cm³/mol. The zero-order chi connectivity index (χ0) is 15.2. The normalized spacial score (nSPS) is 22.2. The molecule has 1 saturated heterocycles. The highest BCUT2D eigenvalue weighted by Gasteiger charge is 2.36. The molecule has 112 valence electrons. The number of carbonyl (C=O) groups is 1. The van der Waals surface area contributed by atoms with Crippen LogP contribution in [-0.2, 0) is 11.2 Å². The topological polar surface area (TPSA) is 41.1 Å². The first-order valence-electron chi connectivity index (χ1n) is 7.89. The third-order valence-corrected chi connectivity index (χ3v) is 4.97. The molecule has 1 amide bonds. The van der Waals surface area contributed by atoms with E-state index in [1.165, 1.54) is 22.3 Å². The second-order valence-electron chi connectivity index (χ2n) is 6.65. The molecule has 0 spiro atoms. The first kappa shape index (κ1) is 13.5. The van der Waals surface area contributed by atoms with Crippen LogP contribution in [0.25, 0.3) is 11.1 Å². The maximum atomic E-state index is 12.5. The number of amides is 1. The van der Waals surface area contributed by atoms with Crippen LogP contribution in [-0.4, -0.2) is 19.0 Å². The highest BCUT2D eigenvalue weighted by Crippen LogP contribution is 2.38. The highest BCUT2D eigenvalue weighted by molar-refractivity contribution is 5.96. The van der Waals surface area contributed by atoms with E-state index in [1.54, 1.807) is 0 Å². The fourth-order valence-electron chi connectivity index (χ4n) is 3.52. The van der Waals surface area contributed by atoms with Crippen molar-refractivity contribution in [2.24, 2.45) is 5.41 Å². The van der Waals surface area contributed by atoms with Crippen molar-refractivity contribution in [2.75, 3.05) is 18.4 Å². The molecule has 2 N–H and O–H groups in total. The van der Waals surface area contributed by atoms with Crippen molar-refractivity contribution in [3.05, 3.63) is 53.6 Å². The van der Waals surface area contributed by atoms with E-state index in [-0.39, 0.29) is 11.3 Å². The Morgan fingerprint density at radius 3 is 2.77 bits per heavy atom. The van der Waals surface area contributed by atoms with Crippen molar-refractivity contribution in [1.29, 1.82) is 0 Å².